The summed E-state index contributed by atoms with van der Waals surface area (Å²) in [4.78, 5) is 11.5. The van der Waals surface area contributed by atoms with Gasteiger partial charge in [0.2, 0.25) is 0 Å². The van der Waals surface area contributed by atoms with Crippen LogP contribution >= 0.6 is 0 Å². The van der Waals surface area contributed by atoms with Crippen molar-refractivity contribution in [2.75, 3.05) is 7.11 Å². The normalized spacial score (nSPS) is 10.8. The van der Waals surface area contributed by atoms with Crippen molar-refractivity contribution in [1.82, 2.24) is 9.78 Å². The number of nitrogens with zero attached hydrogens (tertiary/aromatic N) is 2. The minimum Gasteiger partial charge on any atom is -0.465 e. The molecule has 0 atom stereocenters. The van der Waals surface area contributed by atoms with Gasteiger partial charge in [0.25, 0.3) is 0 Å². The van der Waals surface area contributed by atoms with Gasteiger partial charge >= 0.3 is 5.97 Å². The Kier molecular flexibility index (Phi) is 3.64. The number of carbonyl (C=O) groups is 1. The second-order valence-electron chi connectivity index (χ2n) is 4.47. The molecule has 0 aliphatic carbocycles. The largest absolute Gasteiger partial charge is 0.465 e. The number of ether oxygens (including phenoxy) is 1. The molecule has 0 N–H and O–H groups in total. The highest BCUT2D eigenvalue weighted by atomic mass is 19.1. The number of aromatic nitrogens is 2. The van der Waals surface area contributed by atoms with Crippen molar-refractivity contribution in [1.29, 1.82) is 0 Å². The molecule has 0 fully saturated rings. The maximum Gasteiger partial charge on any atom is 0.337 e. The van der Waals surface area contributed by atoms with E-state index < -0.39 is 11.8 Å². The van der Waals surface area contributed by atoms with E-state index in [-0.39, 0.29) is 11.6 Å². The van der Waals surface area contributed by atoms with Crippen molar-refractivity contribution in [3.63, 3.8) is 0 Å². The van der Waals surface area contributed by atoms with Crippen LogP contribution in [0.1, 0.15) is 30.2 Å². The SMILES string of the molecule is COC(=O)c1cc(F)cc(-c2ccnn2C(C)C)c1. The summed E-state index contributed by atoms with van der Waals surface area (Å²) in [6.07, 6.45) is 1.65. The zero-order chi connectivity index (χ0) is 14.0. The Labute approximate surface area is 110 Å². The van der Waals surface area contributed by atoms with Gasteiger partial charge in [0, 0.05) is 17.8 Å². The molecule has 0 amide bonds. The van der Waals surface area contributed by atoms with Crippen LogP contribution in [0, 0.1) is 5.82 Å². The van der Waals surface area contributed by atoms with Gasteiger partial charge in [0.15, 0.2) is 0 Å². The van der Waals surface area contributed by atoms with Gasteiger partial charge in [0.05, 0.1) is 18.4 Å². The summed E-state index contributed by atoms with van der Waals surface area (Å²) >= 11 is 0. The second kappa shape index (κ2) is 5.22. The molecular weight excluding hydrogens is 247 g/mol. The predicted octanol–water partition coefficient (Wildman–Crippen LogP) is 3.06. The smallest absolute Gasteiger partial charge is 0.337 e. The molecule has 2 rings (SSSR count). The maximum absolute atomic E-state index is 13.6. The van der Waals surface area contributed by atoms with Crippen molar-refractivity contribution >= 4 is 5.97 Å². The Bertz CT molecular complexity index is 605. The summed E-state index contributed by atoms with van der Waals surface area (Å²) < 4.78 is 20.0. The van der Waals surface area contributed by atoms with Crippen LogP contribution in [0.3, 0.4) is 0 Å². The summed E-state index contributed by atoms with van der Waals surface area (Å²) in [7, 11) is 1.27. The van der Waals surface area contributed by atoms with Crippen molar-refractivity contribution in [3.05, 3.63) is 41.8 Å². The number of halogens is 1. The summed E-state index contributed by atoms with van der Waals surface area (Å²) in [6.45, 7) is 3.97. The van der Waals surface area contributed by atoms with Gasteiger partial charge in [-0.2, -0.15) is 5.10 Å². The number of esters is 1. The first-order chi connectivity index (χ1) is 9.02. The zero-order valence-corrected chi connectivity index (χ0v) is 11.1. The van der Waals surface area contributed by atoms with Gasteiger partial charge in [-0.3, -0.25) is 4.68 Å². The van der Waals surface area contributed by atoms with Crippen molar-refractivity contribution < 1.29 is 13.9 Å². The molecule has 4 nitrogen and oxygen atoms in total. The van der Waals surface area contributed by atoms with Crippen LogP contribution in [0.15, 0.2) is 30.5 Å². The second-order valence-corrected chi connectivity index (χ2v) is 4.47. The van der Waals surface area contributed by atoms with E-state index in [0.29, 0.717) is 5.56 Å². The van der Waals surface area contributed by atoms with Crippen LogP contribution in [0.5, 0.6) is 0 Å². The third-order valence-corrected chi connectivity index (χ3v) is 2.77. The highest BCUT2D eigenvalue weighted by Gasteiger charge is 2.13. The highest BCUT2D eigenvalue weighted by Crippen LogP contribution is 2.24. The van der Waals surface area contributed by atoms with E-state index in [9.17, 15) is 9.18 Å². The molecule has 0 saturated carbocycles. The Morgan fingerprint density at radius 2 is 2.11 bits per heavy atom. The van der Waals surface area contributed by atoms with Gasteiger partial charge in [-0.15, -0.1) is 0 Å². The lowest BCUT2D eigenvalue weighted by Gasteiger charge is -2.11. The molecule has 0 bridgehead atoms. The van der Waals surface area contributed by atoms with Crippen LogP contribution in [0.2, 0.25) is 0 Å². The molecule has 0 spiro atoms. The number of hydrogen-bond acceptors (Lipinski definition) is 3. The summed E-state index contributed by atoms with van der Waals surface area (Å²) in [6, 6.07) is 6.07. The Balaban J connectivity index is 2.53. The quantitative estimate of drug-likeness (QED) is 0.798. The minimum absolute atomic E-state index is 0.148. The summed E-state index contributed by atoms with van der Waals surface area (Å²) in [5.74, 6) is -1.04. The summed E-state index contributed by atoms with van der Waals surface area (Å²) in [5, 5.41) is 4.19. The fourth-order valence-corrected chi connectivity index (χ4v) is 1.93. The van der Waals surface area contributed by atoms with Crippen LogP contribution in [-0.4, -0.2) is 22.9 Å². The molecule has 1 heterocycles. The fraction of sp³-hybridized carbons (Fsp3) is 0.286. The van der Waals surface area contributed by atoms with Gasteiger partial charge < -0.3 is 4.74 Å². The third-order valence-electron chi connectivity index (χ3n) is 2.77. The molecule has 0 aliphatic heterocycles. The zero-order valence-electron chi connectivity index (χ0n) is 11.1. The van der Waals surface area contributed by atoms with Crippen molar-refractivity contribution in [3.8, 4) is 11.3 Å². The summed E-state index contributed by atoms with van der Waals surface area (Å²) in [5.41, 5.74) is 1.56. The maximum atomic E-state index is 13.6. The number of benzene rings is 1. The van der Waals surface area contributed by atoms with E-state index in [2.05, 4.69) is 9.84 Å². The first-order valence-corrected chi connectivity index (χ1v) is 5.95. The molecule has 0 unspecified atom stereocenters. The van der Waals surface area contributed by atoms with Gasteiger partial charge in [0.1, 0.15) is 5.82 Å². The Morgan fingerprint density at radius 3 is 2.74 bits per heavy atom. The van der Waals surface area contributed by atoms with E-state index >= 15 is 0 Å². The average molecular weight is 262 g/mol. The van der Waals surface area contributed by atoms with E-state index in [1.807, 2.05) is 13.8 Å². The molecule has 0 aliphatic rings. The monoisotopic (exact) mass is 262 g/mol. The van der Waals surface area contributed by atoms with Crippen LogP contribution in [-0.2, 0) is 4.74 Å². The van der Waals surface area contributed by atoms with Crippen molar-refractivity contribution in [2.45, 2.75) is 19.9 Å². The van der Waals surface area contributed by atoms with Gasteiger partial charge in [-0.25, -0.2) is 9.18 Å². The number of rotatable bonds is 3. The van der Waals surface area contributed by atoms with Crippen LogP contribution in [0.25, 0.3) is 11.3 Å². The van der Waals surface area contributed by atoms with Crippen LogP contribution < -0.4 is 0 Å². The molecule has 1 aromatic heterocycles. The van der Waals surface area contributed by atoms with Gasteiger partial charge in [-0.05, 0) is 38.1 Å². The van der Waals surface area contributed by atoms with E-state index in [1.165, 1.54) is 13.2 Å². The first-order valence-electron chi connectivity index (χ1n) is 5.95. The lowest BCUT2D eigenvalue weighted by Crippen LogP contribution is -2.06. The molecule has 5 heteroatoms. The molecular formula is C14H15FN2O2. The topological polar surface area (TPSA) is 44.1 Å². The number of methoxy groups -OCH3 is 1. The Hall–Kier alpha value is -2.17. The number of hydrogen-bond donors (Lipinski definition) is 0. The molecule has 0 radical (unpaired) electrons. The number of carbonyl (C=O) groups excluding carboxylic acids is 1. The standard InChI is InChI=1S/C14H15FN2O2/c1-9(2)17-13(4-5-16-17)10-6-11(14(18)19-3)8-12(15)7-10/h4-9H,1-3H3. The third kappa shape index (κ3) is 2.65. The van der Waals surface area contributed by atoms with E-state index in [4.69, 9.17) is 0 Å². The molecule has 0 saturated heterocycles. The van der Waals surface area contributed by atoms with Crippen molar-refractivity contribution in [2.24, 2.45) is 0 Å². The van der Waals surface area contributed by atoms with Crippen LogP contribution in [0.4, 0.5) is 4.39 Å². The Morgan fingerprint density at radius 1 is 1.37 bits per heavy atom. The minimum atomic E-state index is -0.559. The van der Waals surface area contributed by atoms with Gasteiger partial charge in [-0.1, -0.05) is 0 Å². The molecule has 19 heavy (non-hydrogen) atoms. The van der Waals surface area contributed by atoms with E-state index in [1.54, 1.807) is 23.0 Å². The first kappa shape index (κ1) is 13.3. The predicted molar refractivity (Wildman–Crippen MR) is 69.3 cm³/mol. The molecule has 2 aromatic rings. The highest BCUT2D eigenvalue weighted by molar-refractivity contribution is 5.90. The lowest BCUT2D eigenvalue weighted by molar-refractivity contribution is 0.0600. The fourth-order valence-electron chi connectivity index (χ4n) is 1.93. The average Bonchev–Trinajstić information content (AvgIpc) is 2.86. The molecule has 100 valence electrons. The molecule has 1 aromatic carbocycles. The lowest BCUT2D eigenvalue weighted by atomic mass is 10.1. The van der Waals surface area contributed by atoms with E-state index in [0.717, 1.165) is 11.8 Å².